The first kappa shape index (κ1) is 18.6. The number of aromatic nitrogens is 1. The number of aromatic carboxylic acids is 1. The van der Waals surface area contributed by atoms with E-state index >= 15 is 0 Å². The van der Waals surface area contributed by atoms with E-state index in [2.05, 4.69) is 4.99 Å². The number of fused-ring (bicyclic) bond motifs is 1. The van der Waals surface area contributed by atoms with Gasteiger partial charge in [0.2, 0.25) is 0 Å². The van der Waals surface area contributed by atoms with Crippen molar-refractivity contribution in [2.75, 3.05) is 0 Å². The lowest BCUT2D eigenvalue weighted by Gasteiger charge is -2.11. The average Bonchev–Trinajstić information content (AvgIpc) is 3.17. The molecule has 1 aliphatic carbocycles. The molecule has 4 rings (SSSR count). The van der Waals surface area contributed by atoms with Gasteiger partial charge in [-0.15, -0.1) is 11.3 Å². The molecule has 2 heterocycles. The fourth-order valence-electron chi connectivity index (χ4n) is 3.86. The molecule has 6 heteroatoms. The average molecular weight is 396 g/mol. The number of nitrogens with zero attached hydrogens (tertiary/aromatic N) is 2. The van der Waals surface area contributed by atoms with Gasteiger partial charge in [-0.1, -0.05) is 12.1 Å². The van der Waals surface area contributed by atoms with Gasteiger partial charge in [0.15, 0.2) is 0 Å². The molecular weight excluding hydrogens is 375 g/mol. The number of carboxylic acids is 1. The van der Waals surface area contributed by atoms with Gasteiger partial charge in [0.05, 0.1) is 11.3 Å². The number of hydrogen-bond acceptors (Lipinski definition) is 3. The van der Waals surface area contributed by atoms with Gasteiger partial charge >= 0.3 is 5.97 Å². The Labute approximate surface area is 167 Å². The summed E-state index contributed by atoms with van der Waals surface area (Å²) in [5.41, 5.74) is 4.40. The lowest BCUT2D eigenvalue weighted by molar-refractivity contribution is 0.0696. The number of para-hydroxylation sites is 1. The Hall–Kier alpha value is -2.73. The second-order valence-corrected chi connectivity index (χ2v) is 8.15. The van der Waals surface area contributed by atoms with Gasteiger partial charge in [-0.3, -0.25) is 4.99 Å². The lowest BCUT2D eigenvalue weighted by atomic mass is 9.95. The van der Waals surface area contributed by atoms with Gasteiger partial charge in [-0.05, 0) is 63.3 Å². The van der Waals surface area contributed by atoms with Crippen molar-refractivity contribution in [3.8, 4) is 5.00 Å². The maximum Gasteiger partial charge on any atom is 0.339 e. The molecule has 0 aliphatic heterocycles. The van der Waals surface area contributed by atoms with Crippen LogP contribution in [0.15, 0.2) is 35.3 Å². The molecule has 0 bridgehead atoms. The van der Waals surface area contributed by atoms with E-state index in [-0.39, 0.29) is 11.5 Å². The van der Waals surface area contributed by atoms with Crippen LogP contribution in [0.1, 0.15) is 50.6 Å². The number of halogens is 1. The molecule has 0 spiro atoms. The molecule has 1 aliphatic rings. The number of rotatable bonds is 4. The minimum Gasteiger partial charge on any atom is -0.478 e. The van der Waals surface area contributed by atoms with Crippen LogP contribution in [0.2, 0.25) is 0 Å². The SMILES string of the molecule is Cc1cc(C=Nc2ccccc2F)c(C)n1-c1sc2c(c1C(=O)O)CCCC2. The summed E-state index contributed by atoms with van der Waals surface area (Å²) in [7, 11) is 0. The standard InChI is InChI=1S/C22H21FN2O2S/c1-13-11-15(12-24-18-9-5-4-8-17(18)23)14(2)25(13)21-20(22(26)27)16-7-3-6-10-19(16)28-21/h4-5,8-9,11-12H,3,6-7,10H2,1-2H3,(H,26,27). The Morgan fingerprint density at radius 3 is 2.75 bits per heavy atom. The van der Waals surface area contributed by atoms with Crippen molar-refractivity contribution >= 4 is 29.2 Å². The molecule has 3 aromatic rings. The van der Waals surface area contributed by atoms with E-state index in [1.807, 2.05) is 24.5 Å². The quantitative estimate of drug-likeness (QED) is 0.582. The van der Waals surface area contributed by atoms with Crippen molar-refractivity contribution in [1.82, 2.24) is 4.57 Å². The third-order valence-electron chi connectivity index (χ3n) is 5.24. The first-order chi connectivity index (χ1) is 13.5. The molecule has 0 amide bonds. The minimum absolute atomic E-state index is 0.283. The Morgan fingerprint density at radius 1 is 1.25 bits per heavy atom. The summed E-state index contributed by atoms with van der Waals surface area (Å²) in [4.78, 5) is 17.5. The fraction of sp³-hybridized carbons (Fsp3) is 0.273. The number of hydrogen-bond donors (Lipinski definition) is 1. The van der Waals surface area contributed by atoms with Gasteiger partial charge in [0, 0.05) is 28.0 Å². The number of benzene rings is 1. The Bertz CT molecular complexity index is 1090. The molecule has 144 valence electrons. The zero-order valence-corrected chi connectivity index (χ0v) is 16.6. The van der Waals surface area contributed by atoms with E-state index in [4.69, 9.17) is 0 Å². The third-order valence-corrected chi connectivity index (χ3v) is 6.51. The van der Waals surface area contributed by atoms with Crippen LogP contribution in [-0.2, 0) is 12.8 Å². The summed E-state index contributed by atoms with van der Waals surface area (Å²) in [6, 6.07) is 8.34. The Morgan fingerprint density at radius 2 is 2.00 bits per heavy atom. The van der Waals surface area contributed by atoms with Gasteiger partial charge in [-0.25, -0.2) is 9.18 Å². The molecule has 1 aromatic carbocycles. The molecule has 0 radical (unpaired) electrons. The Balaban J connectivity index is 1.80. The zero-order chi connectivity index (χ0) is 19.8. The minimum atomic E-state index is -0.872. The van der Waals surface area contributed by atoms with Crippen LogP contribution in [0, 0.1) is 19.7 Å². The van der Waals surface area contributed by atoms with Crippen LogP contribution >= 0.6 is 11.3 Å². The molecule has 0 fully saturated rings. The molecule has 0 atom stereocenters. The monoisotopic (exact) mass is 396 g/mol. The molecular formula is C22H21FN2O2S. The van der Waals surface area contributed by atoms with E-state index in [0.717, 1.165) is 53.2 Å². The van der Waals surface area contributed by atoms with Gasteiger partial charge < -0.3 is 9.67 Å². The zero-order valence-electron chi connectivity index (χ0n) is 15.8. The first-order valence-electron chi connectivity index (χ1n) is 9.33. The fourth-order valence-corrected chi connectivity index (χ4v) is 5.35. The summed E-state index contributed by atoms with van der Waals surface area (Å²) in [5, 5.41) is 10.6. The molecule has 0 unspecified atom stereocenters. The molecule has 0 saturated heterocycles. The molecule has 1 N–H and O–H groups in total. The second kappa shape index (κ2) is 7.36. The van der Waals surface area contributed by atoms with Crippen molar-refractivity contribution in [1.29, 1.82) is 0 Å². The van der Waals surface area contributed by atoms with Gasteiger partial charge in [0.25, 0.3) is 0 Å². The number of thiophene rings is 1. The maximum absolute atomic E-state index is 13.8. The van der Waals surface area contributed by atoms with Crippen LogP contribution < -0.4 is 0 Å². The molecule has 4 nitrogen and oxygen atoms in total. The second-order valence-electron chi connectivity index (χ2n) is 7.07. The molecule has 0 saturated carbocycles. The predicted octanol–water partition coefficient (Wildman–Crippen LogP) is 5.62. The smallest absolute Gasteiger partial charge is 0.339 e. The van der Waals surface area contributed by atoms with Crippen molar-refractivity contribution in [2.24, 2.45) is 4.99 Å². The number of carbonyl (C=O) groups is 1. The van der Waals surface area contributed by atoms with E-state index in [1.54, 1.807) is 35.8 Å². The van der Waals surface area contributed by atoms with Crippen molar-refractivity contribution in [2.45, 2.75) is 39.5 Å². The maximum atomic E-state index is 13.8. The van der Waals surface area contributed by atoms with Crippen molar-refractivity contribution < 1.29 is 14.3 Å². The van der Waals surface area contributed by atoms with Crippen LogP contribution in [0.4, 0.5) is 10.1 Å². The van der Waals surface area contributed by atoms with Crippen LogP contribution in [0.5, 0.6) is 0 Å². The van der Waals surface area contributed by atoms with Crippen LogP contribution in [0.25, 0.3) is 5.00 Å². The largest absolute Gasteiger partial charge is 0.478 e. The van der Waals surface area contributed by atoms with Crippen LogP contribution in [0.3, 0.4) is 0 Å². The highest BCUT2D eigenvalue weighted by Crippen LogP contribution is 2.38. The van der Waals surface area contributed by atoms with E-state index < -0.39 is 5.97 Å². The number of aliphatic imine (C=N–C) groups is 1. The summed E-state index contributed by atoms with van der Waals surface area (Å²) >= 11 is 1.58. The molecule has 2 aromatic heterocycles. The highest BCUT2D eigenvalue weighted by atomic mass is 32.1. The topological polar surface area (TPSA) is 54.6 Å². The predicted molar refractivity (Wildman–Crippen MR) is 110 cm³/mol. The highest BCUT2D eigenvalue weighted by Gasteiger charge is 2.27. The lowest BCUT2D eigenvalue weighted by Crippen LogP contribution is -2.09. The summed E-state index contributed by atoms with van der Waals surface area (Å²) in [5.74, 6) is -1.24. The van der Waals surface area contributed by atoms with E-state index in [1.165, 1.54) is 10.9 Å². The Kier molecular flexibility index (Phi) is 4.89. The summed E-state index contributed by atoms with van der Waals surface area (Å²) in [6.45, 7) is 3.90. The number of carboxylic acid groups (broad SMARTS) is 1. The van der Waals surface area contributed by atoms with E-state index in [9.17, 15) is 14.3 Å². The normalized spacial score (nSPS) is 13.8. The van der Waals surface area contributed by atoms with Crippen LogP contribution in [-0.4, -0.2) is 21.9 Å². The first-order valence-corrected chi connectivity index (χ1v) is 10.1. The summed E-state index contributed by atoms with van der Waals surface area (Å²) in [6.07, 6.45) is 5.56. The van der Waals surface area contributed by atoms with Gasteiger partial charge in [-0.2, -0.15) is 0 Å². The molecule has 28 heavy (non-hydrogen) atoms. The third kappa shape index (κ3) is 3.18. The summed E-state index contributed by atoms with van der Waals surface area (Å²) < 4.78 is 15.8. The van der Waals surface area contributed by atoms with Crippen molar-refractivity contribution in [3.63, 3.8) is 0 Å². The van der Waals surface area contributed by atoms with Crippen molar-refractivity contribution in [3.05, 3.63) is 69.1 Å². The number of aryl methyl sites for hydroxylation is 2. The van der Waals surface area contributed by atoms with Gasteiger partial charge in [0.1, 0.15) is 10.8 Å². The highest BCUT2D eigenvalue weighted by molar-refractivity contribution is 7.15. The van der Waals surface area contributed by atoms with E-state index in [0.29, 0.717) is 5.56 Å².